The van der Waals surface area contributed by atoms with Crippen molar-refractivity contribution in [3.05, 3.63) is 30.1 Å². The van der Waals surface area contributed by atoms with Crippen molar-refractivity contribution in [2.45, 2.75) is 26.1 Å². The first-order valence-electron chi connectivity index (χ1n) is 5.51. The van der Waals surface area contributed by atoms with Crippen LogP contribution < -0.4 is 0 Å². The second-order valence-electron chi connectivity index (χ2n) is 4.21. The highest BCUT2D eigenvalue weighted by atomic mass is 16.5. The fourth-order valence-electron chi connectivity index (χ4n) is 2.02. The number of ether oxygens (including phenoxy) is 1. The van der Waals surface area contributed by atoms with Crippen LogP contribution in [0.15, 0.2) is 24.5 Å². The van der Waals surface area contributed by atoms with Gasteiger partial charge in [-0.2, -0.15) is 0 Å². The van der Waals surface area contributed by atoms with E-state index in [2.05, 4.69) is 4.98 Å². The normalized spacial score (nSPS) is 25.5. The van der Waals surface area contributed by atoms with Gasteiger partial charge in [-0.3, -0.25) is 9.78 Å². The van der Waals surface area contributed by atoms with Gasteiger partial charge in [0, 0.05) is 25.5 Å². The molecule has 0 spiro atoms. The predicted octanol–water partition coefficient (Wildman–Crippen LogP) is 1.33. The second kappa shape index (κ2) is 4.61. The standard InChI is InChI=1S/C12H16N2O2/c1-9-7-14(8-10(2)16-9)12(15)11-4-3-5-13-6-11/h3-6,9-10H,7-8H2,1-2H3/t9-,10-/m0/s1. The van der Waals surface area contributed by atoms with Gasteiger partial charge in [-0.25, -0.2) is 0 Å². The van der Waals surface area contributed by atoms with Gasteiger partial charge >= 0.3 is 0 Å². The van der Waals surface area contributed by atoms with E-state index in [9.17, 15) is 4.79 Å². The summed E-state index contributed by atoms with van der Waals surface area (Å²) in [6, 6.07) is 3.57. The van der Waals surface area contributed by atoms with Crippen molar-refractivity contribution >= 4 is 5.91 Å². The molecule has 1 fully saturated rings. The average Bonchev–Trinajstić information content (AvgIpc) is 2.28. The summed E-state index contributed by atoms with van der Waals surface area (Å²) in [5.74, 6) is 0.0371. The summed E-state index contributed by atoms with van der Waals surface area (Å²) in [5, 5.41) is 0. The highest BCUT2D eigenvalue weighted by Crippen LogP contribution is 2.13. The fraction of sp³-hybridized carbons (Fsp3) is 0.500. The first-order valence-corrected chi connectivity index (χ1v) is 5.51. The third-order valence-electron chi connectivity index (χ3n) is 2.62. The maximum Gasteiger partial charge on any atom is 0.255 e. The molecule has 2 atom stereocenters. The molecule has 16 heavy (non-hydrogen) atoms. The van der Waals surface area contributed by atoms with Gasteiger partial charge in [0.25, 0.3) is 5.91 Å². The third kappa shape index (κ3) is 2.39. The molecule has 0 unspecified atom stereocenters. The Hall–Kier alpha value is -1.42. The predicted molar refractivity (Wildman–Crippen MR) is 60.1 cm³/mol. The van der Waals surface area contributed by atoms with Crippen LogP contribution in [0, 0.1) is 0 Å². The van der Waals surface area contributed by atoms with Crippen LogP contribution in [-0.2, 0) is 4.74 Å². The lowest BCUT2D eigenvalue weighted by atomic mass is 10.2. The number of aromatic nitrogens is 1. The van der Waals surface area contributed by atoms with E-state index in [0.717, 1.165) is 0 Å². The van der Waals surface area contributed by atoms with Gasteiger partial charge < -0.3 is 9.64 Å². The zero-order chi connectivity index (χ0) is 11.5. The molecule has 0 aliphatic carbocycles. The molecule has 4 nitrogen and oxygen atoms in total. The number of amides is 1. The van der Waals surface area contributed by atoms with Gasteiger partial charge in [-0.05, 0) is 26.0 Å². The molecule has 1 aromatic rings. The molecule has 0 N–H and O–H groups in total. The molecular weight excluding hydrogens is 204 g/mol. The molecule has 1 aromatic heterocycles. The number of carbonyl (C=O) groups is 1. The lowest BCUT2D eigenvalue weighted by Crippen LogP contribution is -2.48. The smallest absolute Gasteiger partial charge is 0.255 e. The lowest BCUT2D eigenvalue weighted by Gasteiger charge is -2.35. The number of hydrogen-bond donors (Lipinski definition) is 0. The minimum Gasteiger partial charge on any atom is -0.372 e. The number of carbonyl (C=O) groups excluding carboxylic acids is 1. The van der Waals surface area contributed by atoms with Crippen LogP contribution in [0.4, 0.5) is 0 Å². The largest absolute Gasteiger partial charge is 0.372 e. The third-order valence-corrected chi connectivity index (χ3v) is 2.62. The maximum absolute atomic E-state index is 12.1. The van der Waals surface area contributed by atoms with Gasteiger partial charge in [0.15, 0.2) is 0 Å². The first kappa shape index (κ1) is 11.1. The fourth-order valence-corrected chi connectivity index (χ4v) is 2.02. The van der Waals surface area contributed by atoms with Crippen molar-refractivity contribution in [1.82, 2.24) is 9.88 Å². The van der Waals surface area contributed by atoms with Crippen LogP contribution in [-0.4, -0.2) is 41.1 Å². The van der Waals surface area contributed by atoms with Gasteiger partial charge in [-0.15, -0.1) is 0 Å². The molecule has 0 radical (unpaired) electrons. The summed E-state index contributed by atoms with van der Waals surface area (Å²) >= 11 is 0. The van der Waals surface area contributed by atoms with Crippen molar-refractivity contribution in [3.8, 4) is 0 Å². The zero-order valence-corrected chi connectivity index (χ0v) is 9.59. The topological polar surface area (TPSA) is 42.4 Å². The van der Waals surface area contributed by atoms with Crippen LogP contribution >= 0.6 is 0 Å². The quantitative estimate of drug-likeness (QED) is 0.717. The van der Waals surface area contributed by atoms with Gasteiger partial charge in [0.2, 0.25) is 0 Å². The number of nitrogens with zero attached hydrogens (tertiary/aromatic N) is 2. The Labute approximate surface area is 95.2 Å². The molecule has 1 aliphatic rings. The Bertz CT molecular complexity index is 357. The molecule has 1 saturated heterocycles. The molecule has 0 aromatic carbocycles. The molecule has 2 heterocycles. The Morgan fingerprint density at radius 1 is 1.44 bits per heavy atom. The minimum absolute atomic E-state index is 0.0371. The molecular formula is C12H16N2O2. The second-order valence-corrected chi connectivity index (χ2v) is 4.21. The molecule has 1 amide bonds. The highest BCUT2D eigenvalue weighted by Gasteiger charge is 2.26. The van der Waals surface area contributed by atoms with Gasteiger partial charge in [0.1, 0.15) is 0 Å². The number of morpholine rings is 1. The molecule has 86 valence electrons. The summed E-state index contributed by atoms with van der Waals surface area (Å²) < 4.78 is 5.59. The monoisotopic (exact) mass is 220 g/mol. The summed E-state index contributed by atoms with van der Waals surface area (Å²) in [5.41, 5.74) is 0.642. The van der Waals surface area contributed by atoms with Crippen molar-refractivity contribution in [2.75, 3.05) is 13.1 Å². The van der Waals surface area contributed by atoms with E-state index in [-0.39, 0.29) is 18.1 Å². The maximum atomic E-state index is 12.1. The molecule has 4 heteroatoms. The van der Waals surface area contributed by atoms with Crippen LogP contribution in [0.2, 0.25) is 0 Å². The molecule has 0 bridgehead atoms. The molecule has 2 rings (SSSR count). The van der Waals surface area contributed by atoms with Crippen molar-refractivity contribution in [3.63, 3.8) is 0 Å². The number of rotatable bonds is 1. The Kier molecular flexibility index (Phi) is 3.19. The molecule has 1 aliphatic heterocycles. The van der Waals surface area contributed by atoms with E-state index >= 15 is 0 Å². The summed E-state index contributed by atoms with van der Waals surface area (Å²) in [6.45, 7) is 5.27. The van der Waals surface area contributed by atoms with E-state index in [1.54, 1.807) is 24.5 Å². The van der Waals surface area contributed by atoms with Crippen molar-refractivity contribution < 1.29 is 9.53 Å². The van der Waals surface area contributed by atoms with Gasteiger partial charge in [-0.1, -0.05) is 0 Å². The number of pyridine rings is 1. The van der Waals surface area contributed by atoms with Crippen molar-refractivity contribution in [2.24, 2.45) is 0 Å². The average molecular weight is 220 g/mol. The molecule has 0 saturated carbocycles. The van der Waals surface area contributed by atoms with Crippen LogP contribution in [0.25, 0.3) is 0 Å². The van der Waals surface area contributed by atoms with E-state index in [1.807, 2.05) is 18.7 Å². The van der Waals surface area contributed by atoms with E-state index in [0.29, 0.717) is 18.7 Å². The Balaban J connectivity index is 2.10. The van der Waals surface area contributed by atoms with Crippen LogP contribution in [0.5, 0.6) is 0 Å². The highest BCUT2D eigenvalue weighted by molar-refractivity contribution is 5.93. The first-order chi connectivity index (χ1) is 7.66. The minimum atomic E-state index is 0.0371. The summed E-state index contributed by atoms with van der Waals surface area (Å²) in [4.78, 5) is 17.9. The zero-order valence-electron chi connectivity index (χ0n) is 9.59. The number of hydrogen-bond acceptors (Lipinski definition) is 3. The summed E-state index contributed by atoms with van der Waals surface area (Å²) in [7, 11) is 0. The van der Waals surface area contributed by atoms with E-state index < -0.39 is 0 Å². The lowest BCUT2D eigenvalue weighted by molar-refractivity contribution is -0.0586. The summed E-state index contributed by atoms with van der Waals surface area (Å²) in [6.07, 6.45) is 3.47. The Morgan fingerprint density at radius 3 is 2.69 bits per heavy atom. The van der Waals surface area contributed by atoms with E-state index in [1.165, 1.54) is 0 Å². The van der Waals surface area contributed by atoms with Gasteiger partial charge in [0.05, 0.1) is 17.8 Å². The van der Waals surface area contributed by atoms with Crippen LogP contribution in [0.1, 0.15) is 24.2 Å². The van der Waals surface area contributed by atoms with Crippen molar-refractivity contribution in [1.29, 1.82) is 0 Å². The SMILES string of the molecule is C[C@H]1CN(C(=O)c2cccnc2)C[C@H](C)O1. The van der Waals surface area contributed by atoms with Crippen LogP contribution in [0.3, 0.4) is 0 Å². The van der Waals surface area contributed by atoms with E-state index in [4.69, 9.17) is 4.74 Å². The Morgan fingerprint density at radius 2 is 2.12 bits per heavy atom.